The van der Waals surface area contributed by atoms with E-state index >= 15 is 0 Å². The maximum atomic E-state index is 10.7. The molecule has 2 aromatic carbocycles. The normalized spacial score (nSPS) is 21.5. The van der Waals surface area contributed by atoms with E-state index in [0.29, 0.717) is 11.8 Å². The van der Waals surface area contributed by atoms with Crippen LogP contribution in [0.4, 0.5) is 0 Å². The number of fused-ring (bicyclic) bond motifs is 1. The lowest BCUT2D eigenvalue weighted by molar-refractivity contribution is -0.0275. The van der Waals surface area contributed by atoms with Gasteiger partial charge in [-0.15, -0.1) is 0 Å². The van der Waals surface area contributed by atoms with Crippen molar-refractivity contribution in [2.45, 2.75) is 32.4 Å². The molecule has 2 unspecified atom stereocenters. The zero-order valence-corrected chi connectivity index (χ0v) is 12.7. The fourth-order valence-corrected chi connectivity index (χ4v) is 3.32. The Balaban J connectivity index is 1.97. The first-order valence-electron chi connectivity index (χ1n) is 7.76. The van der Waals surface area contributed by atoms with Crippen molar-refractivity contribution in [2.24, 2.45) is 0 Å². The maximum absolute atomic E-state index is 10.7. The number of benzene rings is 2. The van der Waals surface area contributed by atoms with E-state index < -0.39 is 0 Å². The second-order valence-electron chi connectivity index (χ2n) is 5.78. The minimum absolute atomic E-state index is 0.198. The molecule has 1 aliphatic rings. The smallest absolute Gasteiger partial charge is 0.128 e. The largest absolute Gasteiger partial charge is 0.507 e. The summed E-state index contributed by atoms with van der Waals surface area (Å²) < 4.78 is 5.59. The fourth-order valence-electron chi connectivity index (χ4n) is 3.32. The summed E-state index contributed by atoms with van der Waals surface area (Å²) in [6.45, 7) is 6.85. The third-order valence-corrected chi connectivity index (χ3v) is 4.62. The third kappa shape index (κ3) is 2.63. The molecule has 2 atom stereocenters. The van der Waals surface area contributed by atoms with Gasteiger partial charge in [-0.25, -0.2) is 0 Å². The van der Waals surface area contributed by atoms with Crippen molar-refractivity contribution in [2.75, 3.05) is 19.8 Å². The SMILES string of the molecule is CCC1COCCN1C(C)c1ccc2ccccc2c1O. The van der Waals surface area contributed by atoms with Gasteiger partial charge in [-0.1, -0.05) is 43.3 Å². The zero-order chi connectivity index (χ0) is 14.8. The monoisotopic (exact) mass is 285 g/mol. The van der Waals surface area contributed by atoms with Crippen molar-refractivity contribution < 1.29 is 9.84 Å². The van der Waals surface area contributed by atoms with Crippen LogP contribution >= 0.6 is 0 Å². The summed E-state index contributed by atoms with van der Waals surface area (Å²) in [5.41, 5.74) is 1.01. The summed E-state index contributed by atoms with van der Waals surface area (Å²) in [5.74, 6) is 0.418. The molecule has 0 aliphatic carbocycles. The average Bonchev–Trinajstić information content (AvgIpc) is 2.55. The Hall–Kier alpha value is -1.58. The van der Waals surface area contributed by atoms with E-state index in [-0.39, 0.29) is 6.04 Å². The van der Waals surface area contributed by atoms with Crippen molar-refractivity contribution in [3.63, 3.8) is 0 Å². The fraction of sp³-hybridized carbons (Fsp3) is 0.444. The van der Waals surface area contributed by atoms with Crippen LogP contribution in [0.1, 0.15) is 31.9 Å². The van der Waals surface area contributed by atoms with Gasteiger partial charge in [-0.05, 0) is 18.7 Å². The molecule has 3 nitrogen and oxygen atoms in total. The van der Waals surface area contributed by atoms with Crippen LogP contribution in [-0.4, -0.2) is 35.8 Å². The Labute approximate surface area is 126 Å². The molecule has 0 radical (unpaired) electrons. The highest BCUT2D eigenvalue weighted by molar-refractivity contribution is 5.89. The van der Waals surface area contributed by atoms with Crippen LogP contribution in [0.3, 0.4) is 0 Å². The number of phenols is 1. The molecule has 112 valence electrons. The topological polar surface area (TPSA) is 32.7 Å². The first kappa shape index (κ1) is 14.4. The molecule has 1 saturated heterocycles. The molecule has 3 heteroatoms. The first-order valence-corrected chi connectivity index (χ1v) is 7.76. The van der Waals surface area contributed by atoms with E-state index in [1.165, 1.54) is 0 Å². The van der Waals surface area contributed by atoms with E-state index in [1.807, 2.05) is 24.3 Å². The quantitative estimate of drug-likeness (QED) is 0.933. The number of ether oxygens (including phenoxy) is 1. The molecule has 0 spiro atoms. The van der Waals surface area contributed by atoms with Gasteiger partial charge in [0, 0.05) is 29.6 Å². The number of hydrogen-bond donors (Lipinski definition) is 1. The lowest BCUT2D eigenvalue weighted by Gasteiger charge is -2.39. The van der Waals surface area contributed by atoms with Gasteiger partial charge in [-0.3, -0.25) is 4.90 Å². The molecule has 0 amide bonds. The lowest BCUT2D eigenvalue weighted by Crippen LogP contribution is -2.46. The van der Waals surface area contributed by atoms with E-state index in [1.54, 1.807) is 0 Å². The van der Waals surface area contributed by atoms with Crippen LogP contribution in [0.15, 0.2) is 36.4 Å². The Morgan fingerprint density at radius 3 is 2.90 bits per heavy atom. The molecule has 1 aliphatic heterocycles. The van der Waals surface area contributed by atoms with Crippen molar-refractivity contribution in [3.05, 3.63) is 42.0 Å². The third-order valence-electron chi connectivity index (χ3n) is 4.62. The molecule has 1 N–H and O–H groups in total. The number of phenolic OH excluding ortho intramolecular Hbond substituents is 1. The Morgan fingerprint density at radius 2 is 2.10 bits per heavy atom. The summed E-state index contributed by atoms with van der Waals surface area (Å²) in [5, 5.41) is 12.7. The summed E-state index contributed by atoms with van der Waals surface area (Å²) in [7, 11) is 0. The minimum atomic E-state index is 0.198. The zero-order valence-electron chi connectivity index (χ0n) is 12.7. The molecule has 0 bridgehead atoms. The summed E-state index contributed by atoms with van der Waals surface area (Å²) >= 11 is 0. The molecular weight excluding hydrogens is 262 g/mol. The second kappa shape index (κ2) is 6.04. The number of hydrogen-bond acceptors (Lipinski definition) is 3. The van der Waals surface area contributed by atoms with Gasteiger partial charge in [0.2, 0.25) is 0 Å². The summed E-state index contributed by atoms with van der Waals surface area (Å²) in [4.78, 5) is 2.45. The molecule has 0 aromatic heterocycles. The molecule has 2 aromatic rings. The Morgan fingerprint density at radius 1 is 1.29 bits per heavy atom. The van der Waals surface area contributed by atoms with Crippen LogP contribution < -0.4 is 0 Å². The van der Waals surface area contributed by atoms with Crippen molar-refractivity contribution in [3.8, 4) is 5.75 Å². The Kier molecular flexibility index (Phi) is 4.13. The Bertz CT molecular complexity index is 626. The van der Waals surface area contributed by atoms with E-state index in [4.69, 9.17) is 4.74 Å². The van der Waals surface area contributed by atoms with Crippen molar-refractivity contribution in [1.29, 1.82) is 0 Å². The summed E-state index contributed by atoms with van der Waals surface area (Å²) in [6.07, 6.45) is 1.07. The number of aromatic hydroxyl groups is 1. The summed E-state index contributed by atoms with van der Waals surface area (Å²) in [6, 6.07) is 12.8. The lowest BCUT2D eigenvalue weighted by atomic mass is 9.98. The first-order chi connectivity index (χ1) is 10.2. The molecule has 1 heterocycles. The molecule has 0 saturated carbocycles. The average molecular weight is 285 g/mol. The van der Waals surface area contributed by atoms with Crippen LogP contribution in [-0.2, 0) is 4.74 Å². The van der Waals surface area contributed by atoms with Crippen LogP contribution in [0.5, 0.6) is 5.75 Å². The van der Waals surface area contributed by atoms with Gasteiger partial charge in [-0.2, -0.15) is 0 Å². The highest BCUT2D eigenvalue weighted by Gasteiger charge is 2.28. The van der Waals surface area contributed by atoms with Crippen molar-refractivity contribution >= 4 is 10.8 Å². The molecule has 3 rings (SSSR count). The van der Waals surface area contributed by atoms with E-state index in [2.05, 4.69) is 30.9 Å². The van der Waals surface area contributed by atoms with E-state index in [9.17, 15) is 5.11 Å². The highest BCUT2D eigenvalue weighted by atomic mass is 16.5. The van der Waals surface area contributed by atoms with Gasteiger partial charge in [0.05, 0.1) is 13.2 Å². The standard InChI is InChI=1S/C18H23NO2/c1-3-15-12-21-11-10-19(15)13(2)16-9-8-14-6-4-5-7-17(14)18(16)20/h4-9,13,15,20H,3,10-12H2,1-2H3. The predicted octanol–water partition coefficient (Wildman–Crippen LogP) is 3.72. The second-order valence-corrected chi connectivity index (χ2v) is 5.78. The van der Waals surface area contributed by atoms with Gasteiger partial charge < -0.3 is 9.84 Å². The van der Waals surface area contributed by atoms with Crippen LogP contribution in [0.25, 0.3) is 10.8 Å². The minimum Gasteiger partial charge on any atom is -0.507 e. The number of morpholine rings is 1. The van der Waals surface area contributed by atoms with E-state index in [0.717, 1.165) is 42.5 Å². The van der Waals surface area contributed by atoms with Crippen molar-refractivity contribution in [1.82, 2.24) is 4.90 Å². The van der Waals surface area contributed by atoms with Gasteiger partial charge in [0.15, 0.2) is 0 Å². The van der Waals surface area contributed by atoms with Gasteiger partial charge >= 0.3 is 0 Å². The molecule has 21 heavy (non-hydrogen) atoms. The molecule has 1 fully saturated rings. The van der Waals surface area contributed by atoms with Crippen LogP contribution in [0.2, 0.25) is 0 Å². The maximum Gasteiger partial charge on any atom is 0.128 e. The molecular formula is C18H23NO2. The number of rotatable bonds is 3. The van der Waals surface area contributed by atoms with Gasteiger partial charge in [0.1, 0.15) is 5.75 Å². The number of nitrogens with zero attached hydrogens (tertiary/aromatic N) is 1. The van der Waals surface area contributed by atoms with Gasteiger partial charge in [0.25, 0.3) is 0 Å². The predicted molar refractivity (Wildman–Crippen MR) is 85.6 cm³/mol. The van der Waals surface area contributed by atoms with Crippen LogP contribution in [0, 0.1) is 0 Å². The highest BCUT2D eigenvalue weighted by Crippen LogP contribution is 2.36.